The van der Waals surface area contributed by atoms with E-state index in [-0.39, 0.29) is 11.5 Å². The van der Waals surface area contributed by atoms with Crippen molar-refractivity contribution >= 4 is 46.4 Å². The van der Waals surface area contributed by atoms with Crippen LogP contribution in [0.15, 0.2) is 46.7 Å². The molecule has 0 aliphatic carbocycles. The van der Waals surface area contributed by atoms with Gasteiger partial charge in [-0.2, -0.15) is 5.10 Å². The summed E-state index contributed by atoms with van der Waals surface area (Å²) in [7, 11) is 0. The van der Waals surface area contributed by atoms with Crippen molar-refractivity contribution in [2.75, 3.05) is 11.5 Å². The van der Waals surface area contributed by atoms with Gasteiger partial charge in [-0.15, -0.1) is 0 Å². The number of hydrogen-bond acceptors (Lipinski definition) is 7. The highest BCUT2D eigenvalue weighted by Gasteiger charge is 2.16. The van der Waals surface area contributed by atoms with E-state index in [4.69, 9.17) is 11.5 Å². The van der Waals surface area contributed by atoms with Crippen LogP contribution >= 0.6 is 23.5 Å². The van der Waals surface area contributed by atoms with Crippen molar-refractivity contribution in [2.24, 2.45) is 11.5 Å². The number of carbonyl (C=O) groups is 2. The molecule has 25 heavy (non-hydrogen) atoms. The maximum Gasteiger partial charge on any atom is 0.227 e. The summed E-state index contributed by atoms with van der Waals surface area (Å²) in [4.78, 5) is 31.0. The number of hydrogen-bond donors (Lipinski definition) is 2. The van der Waals surface area contributed by atoms with E-state index < -0.39 is 11.8 Å². The third-order valence-corrected chi connectivity index (χ3v) is 4.95. The van der Waals surface area contributed by atoms with Crippen molar-refractivity contribution in [1.82, 2.24) is 19.7 Å². The fraction of sp³-hybridized carbons (Fsp3) is 0.133. The fourth-order valence-electron chi connectivity index (χ4n) is 2.07. The molecule has 0 radical (unpaired) electrons. The molecule has 0 aliphatic heterocycles. The van der Waals surface area contributed by atoms with Crippen molar-refractivity contribution in [2.45, 2.75) is 10.2 Å². The number of nitrogens with zero attached hydrogens (tertiary/aromatic N) is 4. The third-order valence-electron chi connectivity index (χ3n) is 3.07. The predicted molar refractivity (Wildman–Crippen MR) is 96.5 cm³/mol. The molecule has 1 aromatic carbocycles. The second kappa shape index (κ2) is 7.53. The van der Waals surface area contributed by atoms with E-state index >= 15 is 0 Å². The summed E-state index contributed by atoms with van der Waals surface area (Å²) in [5.74, 6) is -0.761. The van der Waals surface area contributed by atoms with Crippen LogP contribution in [0, 0.1) is 0 Å². The summed E-state index contributed by atoms with van der Waals surface area (Å²) in [6.45, 7) is 0. The Bertz CT molecular complexity index is 928. The van der Waals surface area contributed by atoms with E-state index in [2.05, 4.69) is 15.1 Å². The second-order valence-corrected chi connectivity index (χ2v) is 6.86. The number of para-hydroxylation sites is 1. The second-order valence-electron chi connectivity index (χ2n) is 4.95. The van der Waals surface area contributed by atoms with Crippen molar-refractivity contribution in [3.05, 3.63) is 36.5 Å². The monoisotopic (exact) mass is 374 g/mol. The minimum atomic E-state index is -0.461. The van der Waals surface area contributed by atoms with E-state index in [1.54, 1.807) is 10.9 Å². The van der Waals surface area contributed by atoms with Crippen LogP contribution in [0.1, 0.15) is 0 Å². The Hall–Kier alpha value is -2.59. The first-order valence-electron chi connectivity index (χ1n) is 7.18. The molecule has 128 valence electrons. The largest absolute Gasteiger partial charge is 0.369 e. The lowest BCUT2D eigenvalue weighted by molar-refractivity contribution is -0.116. The van der Waals surface area contributed by atoms with Crippen LogP contribution in [0.3, 0.4) is 0 Å². The highest BCUT2D eigenvalue weighted by atomic mass is 32.2. The molecular weight excluding hydrogens is 360 g/mol. The Morgan fingerprint density at radius 3 is 2.36 bits per heavy atom. The molecule has 0 saturated heterocycles. The van der Waals surface area contributed by atoms with E-state index in [1.807, 2.05) is 30.3 Å². The van der Waals surface area contributed by atoms with Gasteiger partial charge in [0, 0.05) is 0 Å². The fourth-order valence-corrected chi connectivity index (χ4v) is 3.44. The molecule has 10 heteroatoms. The van der Waals surface area contributed by atoms with E-state index in [0.717, 1.165) is 17.4 Å². The molecule has 0 fully saturated rings. The maximum absolute atomic E-state index is 11.1. The van der Waals surface area contributed by atoms with Crippen LogP contribution in [0.4, 0.5) is 0 Å². The summed E-state index contributed by atoms with van der Waals surface area (Å²) in [6.07, 6.45) is 1.65. The minimum absolute atomic E-state index is 0.0604. The van der Waals surface area contributed by atoms with Gasteiger partial charge in [0.05, 0.1) is 28.8 Å². The zero-order valence-electron chi connectivity index (χ0n) is 13.0. The van der Waals surface area contributed by atoms with Crippen molar-refractivity contribution in [3.63, 3.8) is 0 Å². The SMILES string of the molecule is NC(=O)CSc1nc(SCC(N)=O)c2cnn(-c3ccccc3)c2n1. The van der Waals surface area contributed by atoms with Gasteiger partial charge in [-0.3, -0.25) is 9.59 Å². The quantitative estimate of drug-likeness (QED) is 0.358. The van der Waals surface area contributed by atoms with Gasteiger partial charge in [-0.25, -0.2) is 14.6 Å². The lowest BCUT2D eigenvalue weighted by Crippen LogP contribution is -2.14. The molecule has 8 nitrogen and oxygen atoms in total. The van der Waals surface area contributed by atoms with Gasteiger partial charge in [0.15, 0.2) is 10.8 Å². The lowest BCUT2D eigenvalue weighted by atomic mass is 10.3. The Kier molecular flexibility index (Phi) is 5.19. The zero-order chi connectivity index (χ0) is 17.8. The summed E-state index contributed by atoms with van der Waals surface area (Å²) in [5.41, 5.74) is 11.8. The van der Waals surface area contributed by atoms with Gasteiger partial charge in [0.1, 0.15) is 5.03 Å². The van der Waals surface area contributed by atoms with Crippen LogP contribution < -0.4 is 11.5 Å². The molecule has 4 N–H and O–H groups in total. The molecule has 0 bridgehead atoms. The minimum Gasteiger partial charge on any atom is -0.369 e. The Morgan fingerprint density at radius 2 is 1.68 bits per heavy atom. The Labute approximate surface area is 151 Å². The van der Waals surface area contributed by atoms with Gasteiger partial charge in [0.25, 0.3) is 0 Å². The molecule has 0 saturated carbocycles. The Morgan fingerprint density at radius 1 is 1.00 bits per heavy atom. The standard InChI is InChI=1S/C15H14N6O2S2/c16-11(22)7-24-14-10-6-18-21(9-4-2-1-3-5-9)13(10)19-15(20-14)25-8-12(17)23/h1-6H,7-8H2,(H2,16,22)(H2,17,23). The highest BCUT2D eigenvalue weighted by Crippen LogP contribution is 2.29. The molecule has 0 unspecified atom stereocenters. The van der Waals surface area contributed by atoms with Crippen LogP contribution in [0.5, 0.6) is 0 Å². The molecular formula is C15H14N6O2S2. The number of aromatic nitrogens is 4. The van der Waals surface area contributed by atoms with Gasteiger partial charge >= 0.3 is 0 Å². The van der Waals surface area contributed by atoms with E-state index in [9.17, 15) is 9.59 Å². The molecule has 2 amide bonds. The number of fused-ring (bicyclic) bond motifs is 1. The highest BCUT2D eigenvalue weighted by molar-refractivity contribution is 8.00. The summed E-state index contributed by atoms with van der Waals surface area (Å²) >= 11 is 2.34. The van der Waals surface area contributed by atoms with Crippen molar-refractivity contribution in [3.8, 4) is 5.69 Å². The summed E-state index contributed by atoms with van der Waals surface area (Å²) in [5, 5.41) is 6.05. The first-order chi connectivity index (χ1) is 12.0. The maximum atomic E-state index is 11.1. The molecule has 3 rings (SSSR count). The number of thioether (sulfide) groups is 2. The van der Waals surface area contributed by atoms with Gasteiger partial charge in [-0.05, 0) is 12.1 Å². The molecule has 0 atom stereocenters. The van der Waals surface area contributed by atoms with Gasteiger partial charge in [0.2, 0.25) is 11.8 Å². The van der Waals surface area contributed by atoms with Crippen LogP contribution in [-0.4, -0.2) is 43.1 Å². The average molecular weight is 374 g/mol. The first-order valence-corrected chi connectivity index (χ1v) is 9.15. The third kappa shape index (κ3) is 4.09. The van der Waals surface area contributed by atoms with Crippen LogP contribution in [-0.2, 0) is 9.59 Å². The van der Waals surface area contributed by atoms with E-state index in [0.29, 0.717) is 21.2 Å². The number of carbonyl (C=O) groups excluding carboxylic acids is 2. The molecule has 0 spiro atoms. The first kappa shape index (κ1) is 17.2. The van der Waals surface area contributed by atoms with Crippen molar-refractivity contribution < 1.29 is 9.59 Å². The Balaban J connectivity index is 2.08. The summed E-state index contributed by atoms with van der Waals surface area (Å²) < 4.78 is 1.68. The smallest absolute Gasteiger partial charge is 0.227 e. The molecule has 0 aliphatic rings. The van der Waals surface area contributed by atoms with Crippen LogP contribution in [0.2, 0.25) is 0 Å². The van der Waals surface area contributed by atoms with Crippen molar-refractivity contribution in [1.29, 1.82) is 0 Å². The van der Waals surface area contributed by atoms with Crippen LogP contribution in [0.25, 0.3) is 16.7 Å². The van der Waals surface area contributed by atoms with Gasteiger partial charge < -0.3 is 11.5 Å². The number of nitrogens with two attached hydrogens (primary N) is 2. The predicted octanol–water partition coefficient (Wildman–Crippen LogP) is 0.970. The molecule has 2 heterocycles. The lowest BCUT2D eigenvalue weighted by Gasteiger charge is -2.06. The normalized spacial score (nSPS) is 10.9. The van der Waals surface area contributed by atoms with E-state index in [1.165, 1.54) is 11.8 Å². The number of amides is 2. The zero-order valence-corrected chi connectivity index (χ0v) is 14.6. The molecule has 2 aromatic heterocycles. The number of primary amides is 2. The topological polar surface area (TPSA) is 130 Å². The number of rotatable bonds is 7. The van der Waals surface area contributed by atoms with Gasteiger partial charge in [-0.1, -0.05) is 41.7 Å². The molecule has 3 aromatic rings. The average Bonchev–Trinajstić information content (AvgIpc) is 3.02. The number of benzene rings is 1. The summed E-state index contributed by atoms with van der Waals surface area (Å²) in [6, 6.07) is 9.51.